The second-order valence-electron chi connectivity index (χ2n) is 6.11. The zero-order valence-corrected chi connectivity index (χ0v) is 16.7. The Bertz CT molecular complexity index is 1300. The number of hydrogen-bond donors (Lipinski definition) is 1. The van der Waals surface area contributed by atoms with Gasteiger partial charge in [0.1, 0.15) is 27.3 Å². The van der Waals surface area contributed by atoms with Gasteiger partial charge < -0.3 is 4.74 Å². The number of rotatable bonds is 5. The molecule has 4 rings (SSSR count). The van der Waals surface area contributed by atoms with Crippen molar-refractivity contribution in [2.24, 2.45) is 0 Å². The van der Waals surface area contributed by atoms with Crippen molar-refractivity contribution < 1.29 is 21.9 Å². The van der Waals surface area contributed by atoms with Crippen LogP contribution < -0.4 is 9.46 Å². The third-order valence-electron chi connectivity index (χ3n) is 4.16. The Kier molecular flexibility index (Phi) is 4.93. The number of hydrogen-bond acceptors (Lipinski definition) is 5. The minimum absolute atomic E-state index is 0.250. The van der Waals surface area contributed by atoms with Crippen LogP contribution in [0.15, 0.2) is 65.6 Å². The van der Waals surface area contributed by atoms with Crippen molar-refractivity contribution in [1.82, 2.24) is 4.98 Å². The summed E-state index contributed by atoms with van der Waals surface area (Å²) in [5.41, 5.74) is 1.89. The molecule has 5 nitrogen and oxygen atoms in total. The Morgan fingerprint density at radius 2 is 1.76 bits per heavy atom. The number of thiazole rings is 1. The predicted molar refractivity (Wildman–Crippen MR) is 109 cm³/mol. The van der Waals surface area contributed by atoms with Crippen LogP contribution in [0.2, 0.25) is 0 Å². The van der Waals surface area contributed by atoms with E-state index in [2.05, 4.69) is 9.71 Å². The van der Waals surface area contributed by atoms with E-state index >= 15 is 0 Å². The van der Waals surface area contributed by atoms with Gasteiger partial charge in [0.15, 0.2) is 0 Å². The molecule has 0 fully saturated rings. The number of ether oxygens (including phenoxy) is 1. The monoisotopic (exact) mass is 432 g/mol. The molecule has 4 aromatic rings. The third kappa shape index (κ3) is 3.92. The average molecular weight is 432 g/mol. The molecule has 0 atom stereocenters. The van der Waals surface area contributed by atoms with Crippen LogP contribution in [-0.2, 0) is 10.0 Å². The minimum atomic E-state index is -4.19. The molecule has 0 aliphatic heterocycles. The summed E-state index contributed by atoms with van der Waals surface area (Å²) in [4.78, 5) is 3.95. The van der Waals surface area contributed by atoms with Gasteiger partial charge in [0.05, 0.1) is 17.3 Å². The molecule has 1 heterocycles. The van der Waals surface area contributed by atoms with E-state index in [-0.39, 0.29) is 5.69 Å². The Labute approximate surface area is 169 Å². The first kappa shape index (κ1) is 19.3. The summed E-state index contributed by atoms with van der Waals surface area (Å²) in [6.45, 7) is 0. The van der Waals surface area contributed by atoms with Crippen molar-refractivity contribution in [2.45, 2.75) is 4.90 Å². The summed E-state index contributed by atoms with van der Waals surface area (Å²) in [5, 5.41) is 0.771. The lowest BCUT2D eigenvalue weighted by atomic mass is 10.2. The van der Waals surface area contributed by atoms with E-state index in [0.29, 0.717) is 6.07 Å². The SMILES string of the molecule is COc1ccc2nc(-c3ccc(NS(=O)(=O)c4ccc(F)cc4F)cc3)sc2c1. The van der Waals surface area contributed by atoms with Gasteiger partial charge in [-0.15, -0.1) is 11.3 Å². The lowest BCUT2D eigenvalue weighted by Crippen LogP contribution is -2.14. The zero-order valence-electron chi connectivity index (χ0n) is 15.0. The van der Waals surface area contributed by atoms with Crippen molar-refractivity contribution in [3.8, 4) is 16.3 Å². The fourth-order valence-corrected chi connectivity index (χ4v) is 4.86. The van der Waals surface area contributed by atoms with Crippen molar-refractivity contribution in [2.75, 3.05) is 11.8 Å². The van der Waals surface area contributed by atoms with E-state index in [1.165, 1.54) is 11.3 Å². The topological polar surface area (TPSA) is 68.3 Å². The molecule has 0 amide bonds. The summed E-state index contributed by atoms with van der Waals surface area (Å²) >= 11 is 1.48. The second-order valence-corrected chi connectivity index (χ2v) is 8.79. The minimum Gasteiger partial charge on any atom is -0.497 e. The van der Waals surface area contributed by atoms with Gasteiger partial charge in [0, 0.05) is 17.3 Å². The summed E-state index contributed by atoms with van der Waals surface area (Å²) in [6, 6.07) is 14.4. The standard InChI is InChI=1S/C20H14F2N2O3S2/c1-27-15-7-8-17-18(11-15)28-20(23-17)12-2-5-14(6-3-12)24-29(25,26)19-9-4-13(21)10-16(19)22/h2-11,24H,1H3. The average Bonchev–Trinajstić information content (AvgIpc) is 3.11. The molecule has 148 valence electrons. The van der Waals surface area contributed by atoms with E-state index in [1.807, 2.05) is 18.2 Å². The van der Waals surface area contributed by atoms with Crippen molar-refractivity contribution >= 4 is 37.3 Å². The number of nitrogens with zero attached hydrogens (tertiary/aromatic N) is 1. The summed E-state index contributed by atoms with van der Waals surface area (Å²) < 4.78 is 60.1. The normalized spacial score (nSPS) is 11.6. The van der Waals surface area contributed by atoms with Gasteiger partial charge in [-0.1, -0.05) is 0 Å². The third-order valence-corrected chi connectivity index (χ3v) is 6.64. The van der Waals surface area contributed by atoms with Gasteiger partial charge in [-0.05, 0) is 54.6 Å². The number of aromatic nitrogens is 1. The van der Waals surface area contributed by atoms with Gasteiger partial charge in [-0.3, -0.25) is 4.72 Å². The number of benzene rings is 3. The van der Waals surface area contributed by atoms with E-state index in [4.69, 9.17) is 4.74 Å². The lowest BCUT2D eigenvalue weighted by molar-refractivity contribution is 0.415. The highest BCUT2D eigenvalue weighted by Crippen LogP contribution is 2.33. The van der Waals surface area contributed by atoms with Crippen LogP contribution in [-0.4, -0.2) is 20.5 Å². The second kappa shape index (κ2) is 7.41. The smallest absolute Gasteiger partial charge is 0.264 e. The van der Waals surface area contributed by atoms with E-state index in [0.717, 1.165) is 38.7 Å². The number of nitrogens with one attached hydrogen (secondary N) is 1. The number of methoxy groups -OCH3 is 1. The molecule has 3 aromatic carbocycles. The quantitative estimate of drug-likeness (QED) is 0.479. The van der Waals surface area contributed by atoms with Gasteiger partial charge in [-0.25, -0.2) is 22.2 Å². The van der Waals surface area contributed by atoms with Crippen LogP contribution in [0.1, 0.15) is 0 Å². The molecule has 0 saturated carbocycles. The Morgan fingerprint density at radius 3 is 2.45 bits per heavy atom. The zero-order chi connectivity index (χ0) is 20.6. The predicted octanol–water partition coefficient (Wildman–Crippen LogP) is 5.05. The molecule has 0 bridgehead atoms. The molecular formula is C20H14F2N2O3S2. The molecule has 0 aliphatic rings. The number of sulfonamides is 1. The van der Waals surface area contributed by atoms with Gasteiger partial charge in [0.25, 0.3) is 10.0 Å². The molecule has 0 spiro atoms. The molecule has 1 N–H and O–H groups in total. The van der Waals surface area contributed by atoms with Gasteiger partial charge in [-0.2, -0.15) is 0 Å². The van der Waals surface area contributed by atoms with Gasteiger partial charge >= 0.3 is 0 Å². The first-order chi connectivity index (χ1) is 13.9. The fourth-order valence-electron chi connectivity index (χ4n) is 2.74. The number of anilines is 1. The fraction of sp³-hybridized carbons (Fsp3) is 0.0500. The Hall–Kier alpha value is -3.04. The summed E-state index contributed by atoms with van der Waals surface area (Å²) in [5.74, 6) is -1.26. The van der Waals surface area contributed by atoms with Crippen LogP contribution in [0.25, 0.3) is 20.8 Å². The maximum Gasteiger partial charge on any atom is 0.264 e. The van der Waals surface area contributed by atoms with Crippen molar-refractivity contribution in [1.29, 1.82) is 0 Å². The highest BCUT2D eigenvalue weighted by molar-refractivity contribution is 7.92. The molecule has 29 heavy (non-hydrogen) atoms. The van der Waals surface area contributed by atoms with Crippen LogP contribution in [0.3, 0.4) is 0 Å². The lowest BCUT2D eigenvalue weighted by Gasteiger charge is -2.09. The van der Waals surface area contributed by atoms with Crippen LogP contribution in [0.5, 0.6) is 5.75 Å². The van der Waals surface area contributed by atoms with Crippen LogP contribution in [0, 0.1) is 11.6 Å². The maximum atomic E-state index is 13.8. The maximum absolute atomic E-state index is 13.8. The highest BCUT2D eigenvalue weighted by Gasteiger charge is 2.19. The number of fused-ring (bicyclic) bond motifs is 1. The highest BCUT2D eigenvalue weighted by atomic mass is 32.2. The molecule has 0 radical (unpaired) electrons. The number of halogens is 2. The first-order valence-corrected chi connectivity index (χ1v) is 10.7. The first-order valence-electron chi connectivity index (χ1n) is 8.38. The Balaban J connectivity index is 1.59. The molecular weight excluding hydrogens is 418 g/mol. The van der Waals surface area contributed by atoms with Gasteiger partial charge in [0.2, 0.25) is 0 Å². The molecule has 0 aliphatic carbocycles. The molecule has 0 unspecified atom stereocenters. The van der Waals surface area contributed by atoms with Crippen molar-refractivity contribution in [3.63, 3.8) is 0 Å². The largest absolute Gasteiger partial charge is 0.497 e. The Morgan fingerprint density at radius 1 is 1.00 bits per heavy atom. The summed E-state index contributed by atoms with van der Waals surface area (Å²) in [7, 11) is -2.59. The van der Waals surface area contributed by atoms with E-state index < -0.39 is 26.6 Å². The van der Waals surface area contributed by atoms with Crippen LogP contribution in [0.4, 0.5) is 14.5 Å². The molecule has 9 heteroatoms. The van der Waals surface area contributed by atoms with E-state index in [9.17, 15) is 17.2 Å². The van der Waals surface area contributed by atoms with Crippen molar-refractivity contribution in [3.05, 3.63) is 72.3 Å². The summed E-state index contributed by atoms with van der Waals surface area (Å²) in [6.07, 6.45) is 0. The van der Waals surface area contributed by atoms with E-state index in [1.54, 1.807) is 31.4 Å². The van der Waals surface area contributed by atoms with Crippen LogP contribution >= 0.6 is 11.3 Å². The molecule has 0 saturated heterocycles. The molecule has 1 aromatic heterocycles.